The van der Waals surface area contributed by atoms with Gasteiger partial charge in [0.15, 0.2) is 5.60 Å². The number of aromatic nitrogens is 3. The number of β-amino-alcohol motifs (C(OH)–C–C–N with tert-alkyl or cyclic N) is 1. The second-order valence-electron chi connectivity index (χ2n) is 7.84. The van der Waals surface area contributed by atoms with E-state index in [1.165, 1.54) is 9.25 Å². The number of aryl methyl sites for hydroxylation is 2. The molecule has 1 amide bonds. The summed E-state index contributed by atoms with van der Waals surface area (Å²) in [7, 11) is 0. The maximum absolute atomic E-state index is 12.9. The molecule has 7 nitrogen and oxygen atoms in total. The number of hydrogen-bond acceptors (Lipinski definition) is 4. The van der Waals surface area contributed by atoms with Crippen LogP contribution in [0.2, 0.25) is 0 Å². The Morgan fingerprint density at radius 2 is 1.93 bits per heavy atom. The van der Waals surface area contributed by atoms with Crippen molar-refractivity contribution in [3.8, 4) is 0 Å². The first-order valence-electron chi connectivity index (χ1n) is 9.41. The molecule has 1 atom stereocenters. The highest BCUT2D eigenvalue weighted by molar-refractivity contribution is 5.81. The van der Waals surface area contributed by atoms with E-state index in [2.05, 4.69) is 5.10 Å². The lowest BCUT2D eigenvalue weighted by molar-refractivity contribution is -0.297. The summed E-state index contributed by atoms with van der Waals surface area (Å²) in [6.07, 6.45) is -3.32. The number of carbonyl (C=O) groups excluding carboxylic acids is 1. The van der Waals surface area contributed by atoms with Gasteiger partial charge >= 0.3 is 11.9 Å². The average molecular weight is 410 g/mol. The second-order valence-corrected chi connectivity index (χ2v) is 7.84. The van der Waals surface area contributed by atoms with Gasteiger partial charge in [-0.25, -0.2) is 9.48 Å². The minimum atomic E-state index is -4.79. The summed E-state index contributed by atoms with van der Waals surface area (Å²) in [5.41, 5.74) is -1.36. The van der Waals surface area contributed by atoms with Gasteiger partial charge in [-0.15, -0.1) is 0 Å². The van der Waals surface area contributed by atoms with E-state index >= 15 is 0 Å². The molecule has 3 heterocycles. The zero-order valence-electron chi connectivity index (χ0n) is 15.8. The third-order valence-corrected chi connectivity index (χ3v) is 5.61. The van der Waals surface area contributed by atoms with Gasteiger partial charge in [0.05, 0.1) is 19.6 Å². The Kier molecular flexibility index (Phi) is 4.56. The fourth-order valence-corrected chi connectivity index (χ4v) is 3.87. The van der Waals surface area contributed by atoms with Crippen LogP contribution in [0.25, 0.3) is 0 Å². The van der Waals surface area contributed by atoms with Crippen LogP contribution >= 0.6 is 0 Å². The number of benzene rings is 1. The average Bonchev–Trinajstić information content (AvgIpc) is 2.95. The molecule has 0 unspecified atom stereocenters. The number of rotatable bonds is 3. The van der Waals surface area contributed by atoms with E-state index in [1.54, 1.807) is 0 Å². The summed E-state index contributed by atoms with van der Waals surface area (Å²) in [4.78, 5) is 26.6. The summed E-state index contributed by atoms with van der Waals surface area (Å²) in [6, 6.07) is 6.74. The first-order chi connectivity index (χ1) is 13.6. The summed E-state index contributed by atoms with van der Waals surface area (Å²) in [5.74, 6) is -0.129. The SMILES string of the molecule is Cc1ccc(Cn2nc3n(c2=O)[C@@H](C(=O)N2CC(O)(C(F)(F)F)C2)CCC3)cc1. The van der Waals surface area contributed by atoms with Gasteiger partial charge in [-0.05, 0) is 25.3 Å². The third-order valence-electron chi connectivity index (χ3n) is 5.61. The number of amides is 1. The number of carbonyl (C=O) groups is 1. The Morgan fingerprint density at radius 3 is 2.55 bits per heavy atom. The van der Waals surface area contributed by atoms with Crippen molar-refractivity contribution in [2.24, 2.45) is 0 Å². The van der Waals surface area contributed by atoms with Crippen LogP contribution in [0, 0.1) is 6.92 Å². The summed E-state index contributed by atoms with van der Waals surface area (Å²) in [5, 5.41) is 13.9. The molecule has 1 fully saturated rings. The smallest absolute Gasteiger partial charge is 0.378 e. The van der Waals surface area contributed by atoms with E-state index in [1.807, 2.05) is 31.2 Å². The van der Waals surface area contributed by atoms with E-state index in [0.717, 1.165) is 16.0 Å². The molecule has 4 rings (SSSR count). The number of likely N-dealkylation sites (tertiary alicyclic amines) is 1. The molecule has 10 heteroatoms. The van der Waals surface area contributed by atoms with E-state index in [0.29, 0.717) is 25.1 Å². The maximum Gasteiger partial charge on any atom is 0.420 e. The zero-order chi connectivity index (χ0) is 21.0. The number of hydrogen-bond donors (Lipinski definition) is 1. The molecular formula is C19H21F3N4O3. The van der Waals surface area contributed by atoms with Gasteiger partial charge < -0.3 is 10.0 Å². The number of aliphatic hydroxyl groups is 1. The molecule has 1 saturated heterocycles. The standard InChI is InChI=1S/C19H21F3N4O3/c1-12-5-7-13(8-6-12)9-25-17(28)26-14(3-2-4-15(26)23-25)16(27)24-10-18(29,11-24)19(20,21)22/h5-8,14,29H,2-4,9-11H2,1H3/t14-/m1/s1. The highest BCUT2D eigenvalue weighted by atomic mass is 19.4. The van der Waals surface area contributed by atoms with Crippen molar-refractivity contribution < 1.29 is 23.1 Å². The van der Waals surface area contributed by atoms with Crippen LogP contribution in [0.5, 0.6) is 0 Å². The molecule has 0 radical (unpaired) electrons. The van der Waals surface area contributed by atoms with Crippen LogP contribution in [-0.2, 0) is 17.8 Å². The van der Waals surface area contributed by atoms with Crippen molar-refractivity contribution in [2.45, 2.75) is 50.6 Å². The molecule has 156 valence electrons. The van der Waals surface area contributed by atoms with Gasteiger partial charge in [0.25, 0.3) is 0 Å². The molecule has 0 saturated carbocycles. The Balaban J connectivity index is 1.56. The van der Waals surface area contributed by atoms with Crippen LogP contribution in [0.15, 0.2) is 29.1 Å². The van der Waals surface area contributed by atoms with E-state index in [4.69, 9.17) is 0 Å². The van der Waals surface area contributed by atoms with E-state index in [-0.39, 0.29) is 6.54 Å². The normalized spacial score (nSPS) is 20.9. The first kappa shape index (κ1) is 19.7. The highest BCUT2D eigenvalue weighted by Gasteiger charge is 2.62. The fraction of sp³-hybridized carbons (Fsp3) is 0.526. The van der Waals surface area contributed by atoms with Crippen LogP contribution in [-0.4, -0.2) is 55.1 Å². The Morgan fingerprint density at radius 1 is 1.28 bits per heavy atom. The summed E-state index contributed by atoms with van der Waals surface area (Å²) >= 11 is 0. The molecule has 1 aromatic heterocycles. The maximum atomic E-state index is 12.9. The minimum absolute atomic E-state index is 0.248. The van der Waals surface area contributed by atoms with Crippen molar-refractivity contribution in [2.75, 3.05) is 13.1 Å². The van der Waals surface area contributed by atoms with Crippen molar-refractivity contribution in [1.82, 2.24) is 19.2 Å². The van der Waals surface area contributed by atoms with Crippen molar-refractivity contribution in [3.63, 3.8) is 0 Å². The Labute approximate surface area is 164 Å². The molecule has 0 aliphatic carbocycles. The molecule has 2 aromatic rings. The molecule has 1 N–H and O–H groups in total. The van der Waals surface area contributed by atoms with E-state index < -0.39 is 42.5 Å². The number of nitrogens with zero attached hydrogens (tertiary/aromatic N) is 4. The van der Waals surface area contributed by atoms with Crippen LogP contribution in [0.3, 0.4) is 0 Å². The van der Waals surface area contributed by atoms with Gasteiger partial charge in [-0.2, -0.15) is 18.3 Å². The van der Waals surface area contributed by atoms with Crippen LogP contribution < -0.4 is 5.69 Å². The topological polar surface area (TPSA) is 80.4 Å². The fourth-order valence-electron chi connectivity index (χ4n) is 3.87. The van der Waals surface area contributed by atoms with Crippen molar-refractivity contribution in [1.29, 1.82) is 0 Å². The largest absolute Gasteiger partial charge is 0.420 e. The lowest BCUT2D eigenvalue weighted by atomic mass is 9.91. The van der Waals surface area contributed by atoms with E-state index in [9.17, 15) is 27.9 Å². The zero-order valence-corrected chi connectivity index (χ0v) is 15.8. The Bertz CT molecular complexity index is 988. The quantitative estimate of drug-likeness (QED) is 0.830. The molecule has 0 bridgehead atoms. The number of halogens is 3. The highest BCUT2D eigenvalue weighted by Crippen LogP contribution is 2.39. The van der Waals surface area contributed by atoms with Gasteiger partial charge in [0.1, 0.15) is 11.9 Å². The monoisotopic (exact) mass is 410 g/mol. The molecule has 1 aromatic carbocycles. The lowest BCUT2D eigenvalue weighted by Gasteiger charge is -2.48. The second kappa shape index (κ2) is 6.72. The van der Waals surface area contributed by atoms with Crippen molar-refractivity contribution in [3.05, 3.63) is 51.7 Å². The molecule has 2 aliphatic heterocycles. The first-order valence-corrected chi connectivity index (χ1v) is 9.41. The van der Waals surface area contributed by atoms with Crippen LogP contribution in [0.4, 0.5) is 13.2 Å². The van der Waals surface area contributed by atoms with Gasteiger partial charge in [0, 0.05) is 6.42 Å². The molecule has 29 heavy (non-hydrogen) atoms. The predicted octanol–water partition coefficient (Wildman–Crippen LogP) is 1.41. The molecule has 0 spiro atoms. The van der Waals surface area contributed by atoms with Gasteiger partial charge in [-0.3, -0.25) is 9.36 Å². The van der Waals surface area contributed by atoms with Gasteiger partial charge in [-0.1, -0.05) is 29.8 Å². The summed E-state index contributed by atoms with van der Waals surface area (Å²) in [6.45, 7) is 0.579. The predicted molar refractivity (Wildman–Crippen MR) is 96.3 cm³/mol. The minimum Gasteiger partial charge on any atom is -0.378 e. The van der Waals surface area contributed by atoms with Gasteiger partial charge in [0.2, 0.25) is 5.91 Å². The number of fused-ring (bicyclic) bond motifs is 1. The Hall–Kier alpha value is -2.62. The van der Waals surface area contributed by atoms with Crippen LogP contribution in [0.1, 0.15) is 35.8 Å². The molecular weight excluding hydrogens is 389 g/mol. The molecule has 2 aliphatic rings. The van der Waals surface area contributed by atoms with Crippen molar-refractivity contribution >= 4 is 5.91 Å². The number of alkyl halides is 3. The summed E-state index contributed by atoms with van der Waals surface area (Å²) < 4.78 is 41.1. The lowest BCUT2D eigenvalue weighted by Crippen LogP contribution is -2.71. The third kappa shape index (κ3) is 3.35.